The van der Waals surface area contributed by atoms with E-state index in [1.165, 1.54) is 14.2 Å². The van der Waals surface area contributed by atoms with Gasteiger partial charge in [0.1, 0.15) is 0 Å². The second kappa shape index (κ2) is 10.3. The number of rotatable bonds is 7. The van der Waals surface area contributed by atoms with Crippen molar-refractivity contribution in [3.8, 4) is 45.6 Å². The van der Waals surface area contributed by atoms with E-state index >= 15 is 0 Å². The van der Waals surface area contributed by atoms with Crippen molar-refractivity contribution in [3.63, 3.8) is 0 Å². The van der Waals surface area contributed by atoms with Crippen LogP contribution in [0.25, 0.3) is 11.1 Å². The highest BCUT2D eigenvalue weighted by Gasteiger charge is 2.41. The van der Waals surface area contributed by atoms with Crippen molar-refractivity contribution >= 4 is 43.8 Å². The van der Waals surface area contributed by atoms with Crippen molar-refractivity contribution < 1.29 is 47.5 Å². The van der Waals surface area contributed by atoms with E-state index in [0.29, 0.717) is 0 Å². The van der Waals surface area contributed by atoms with Crippen LogP contribution in [0, 0.1) is 0 Å². The fraction of sp³-hybridized carbons (Fsp3) is 0.417. The number of fused-ring (bicyclic) bond motifs is 2. The van der Waals surface area contributed by atoms with Gasteiger partial charge in [0.05, 0.1) is 46.5 Å². The van der Waals surface area contributed by atoms with Crippen molar-refractivity contribution in [2.45, 2.75) is 39.9 Å². The van der Waals surface area contributed by atoms with Crippen LogP contribution in [-0.4, -0.2) is 52.0 Å². The van der Waals surface area contributed by atoms with Gasteiger partial charge < -0.3 is 37.9 Å². The summed E-state index contributed by atoms with van der Waals surface area (Å²) >= 11 is 6.96. The van der Waals surface area contributed by atoms with E-state index in [9.17, 15) is 9.59 Å². The summed E-state index contributed by atoms with van der Waals surface area (Å²) in [5.74, 6) is -0.134. The number of carbonyl (C=O) groups is 2. The summed E-state index contributed by atoms with van der Waals surface area (Å²) in [5.41, 5.74) is 0.386. The van der Waals surface area contributed by atoms with Gasteiger partial charge in [0.2, 0.25) is 25.1 Å². The minimum absolute atomic E-state index is 0.0347. The highest BCUT2D eigenvalue weighted by molar-refractivity contribution is 9.11. The van der Waals surface area contributed by atoms with Crippen molar-refractivity contribution in [2.24, 2.45) is 0 Å². The molecular formula is C24H24Br2O10. The van der Waals surface area contributed by atoms with Crippen LogP contribution < -0.4 is 28.4 Å². The molecule has 2 heterocycles. The molecule has 12 heteroatoms. The number of hydrogen-bond donors (Lipinski definition) is 0. The Hall–Kier alpha value is -2.86. The van der Waals surface area contributed by atoms with Gasteiger partial charge in [0.15, 0.2) is 23.0 Å². The molecule has 0 N–H and O–H groups in total. The van der Waals surface area contributed by atoms with Gasteiger partial charge in [-0.05, 0) is 59.6 Å². The Kier molecular flexibility index (Phi) is 7.46. The average Bonchev–Trinajstić information content (AvgIpc) is 3.48. The van der Waals surface area contributed by atoms with Gasteiger partial charge in [-0.3, -0.25) is 0 Å². The SMILES string of the molecule is COc1c2c(c(Br)c(C(=O)OC(C)C)c1-c1c(OC)c3c(c(Br)c1C(=O)OC(C)C)OCO3)OCO2. The van der Waals surface area contributed by atoms with E-state index in [4.69, 9.17) is 37.9 Å². The van der Waals surface area contributed by atoms with Gasteiger partial charge in [-0.1, -0.05) is 0 Å². The highest BCUT2D eigenvalue weighted by atomic mass is 79.9. The van der Waals surface area contributed by atoms with Crippen molar-refractivity contribution in [1.82, 2.24) is 0 Å². The number of esters is 2. The number of halogens is 2. The predicted octanol–water partition coefficient (Wildman–Crippen LogP) is 5.48. The van der Waals surface area contributed by atoms with Crippen molar-refractivity contribution in [2.75, 3.05) is 27.8 Å². The lowest BCUT2D eigenvalue weighted by molar-refractivity contribution is 0.0363. The largest absolute Gasteiger partial charge is 0.492 e. The Morgan fingerprint density at radius 1 is 0.667 bits per heavy atom. The summed E-state index contributed by atoms with van der Waals surface area (Å²) in [4.78, 5) is 27.0. The van der Waals surface area contributed by atoms with Gasteiger partial charge in [-0.25, -0.2) is 9.59 Å². The molecule has 2 aromatic rings. The molecule has 0 unspecified atom stereocenters. The molecule has 2 aliphatic heterocycles. The van der Waals surface area contributed by atoms with E-state index in [1.807, 2.05) is 0 Å². The van der Waals surface area contributed by atoms with E-state index in [2.05, 4.69) is 31.9 Å². The van der Waals surface area contributed by atoms with E-state index in [1.54, 1.807) is 27.7 Å². The minimum Gasteiger partial charge on any atom is -0.492 e. The molecular weight excluding hydrogens is 608 g/mol. The maximum Gasteiger partial charge on any atom is 0.340 e. The topological polar surface area (TPSA) is 108 Å². The number of carbonyl (C=O) groups excluding carboxylic acids is 2. The normalized spacial score (nSPS) is 13.3. The first-order valence-electron chi connectivity index (χ1n) is 10.9. The molecule has 0 aliphatic carbocycles. The zero-order valence-corrected chi connectivity index (χ0v) is 23.6. The third kappa shape index (κ3) is 4.30. The molecule has 0 bridgehead atoms. The van der Waals surface area contributed by atoms with Crippen LogP contribution in [0.2, 0.25) is 0 Å². The van der Waals surface area contributed by atoms with Gasteiger partial charge in [0.25, 0.3) is 0 Å². The summed E-state index contributed by atoms with van der Waals surface area (Å²) in [6.45, 7) is 6.68. The molecule has 4 rings (SSSR count). The third-order valence-electron chi connectivity index (χ3n) is 5.18. The lowest BCUT2D eigenvalue weighted by Crippen LogP contribution is -2.17. The summed E-state index contributed by atoms with van der Waals surface area (Å²) in [5, 5.41) is 0. The highest BCUT2D eigenvalue weighted by Crippen LogP contribution is 2.60. The predicted molar refractivity (Wildman–Crippen MR) is 134 cm³/mol. The molecule has 0 radical (unpaired) electrons. The van der Waals surface area contributed by atoms with Crippen LogP contribution in [0.5, 0.6) is 34.5 Å². The van der Waals surface area contributed by atoms with Crippen LogP contribution in [0.4, 0.5) is 0 Å². The third-order valence-corrected chi connectivity index (χ3v) is 6.69. The Bertz CT molecular complexity index is 1140. The summed E-state index contributed by atoms with van der Waals surface area (Å²) in [6, 6.07) is 0. The van der Waals surface area contributed by atoms with Gasteiger partial charge in [-0.2, -0.15) is 0 Å². The maximum absolute atomic E-state index is 13.5. The first-order chi connectivity index (χ1) is 17.1. The fourth-order valence-electron chi connectivity index (χ4n) is 3.92. The molecule has 0 spiro atoms. The quantitative estimate of drug-likeness (QED) is 0.364. The maximum atomic E-state index is 13.5. The van der Waals surface area contributed by atoms with Crippen molar-refractivity contribution in [1.29, 1.82) is 0 Å². The molecule has 0 saturated carbocycles. The van der Waals surface area contributed by atoms with E-state index in [-0.39, 0.29) is 79.3 Å². The summed E-state index contributed by atoms with van der Waals surface area (Å²) in [6.07, 6.45) is -0.881. The second-order valence-corrected chi connectivity index (χ2v) is 9.82. The first-order valence-corrected chi connectivity index (χ1v) is 12.5. The molecule has 0 amide bonds. The van der Waals surface area contributed by atoms with Crippen LogP contribution >= 0.6 is 31.9 Å². The van der Waals surface area contributed by atoms with Gasteiger partial charge >= 0.3 is 11.9 Å². The molecule has 0 saturated heterocycles. The van der Waals surface area contributed by atoms with E-state index in [0.717, 1.165) is 0 Å². The lowest BCUT2D eigenvalue weighted by Gasteiger charge is -2.23. The summed E-state index contributed by atoms with van der Waals surface area (Å²) in [7, 11) is 2.82. The first kappa shape index (κ1) is 26.2. The number of ether oxygens (including phenoxy) is 8. The minimum atomic E-state index is -0.692. The molecule has 36 heavy (non-hydrogen) atoms. The Morgan fingerprint density at radius 2 is 1.00 bits per heavy atom. The Balaban J connectivity index is 2.19. The van der Waals surface area contributed by atoms with Crippen molar-refractivity contribution in [3.05, 3.63) is 20.1 Å². The second-order valence-electron chi connectivity index (χ2n) is 8.23. The molecule has 10 nitrogen and oxygen atoms in total. The van der Waals surface area contributed by atoms with E-state index < -0.39 is 24.1 Å². The monoisotopic (exact) mass is 630 g/mol. The molecule has 194 valence electrons. The standard InChI is InChI=1S/C24H24Br2O10/c1-9(2)35-23(27)13-11(17(29-5)21-19(15(13)25)31-7-33-21)12-14(24(28)36-10(3)4)16(26)20-22(18(12)30-6)34-8-32-20/h9-10H,7-8H2,1-6H3. The number of benzene rings is 2. The number of methoxy groups -OCH3 is 2. The Labute approximate surface area is 224 Å². The van der Waals surface area contributed by atoms with Crippen LogP contribution in [0.1, 0.15) is 48.4 Å². The zero-order chi connectivity index (χ0) is 26.3. The van der Waals surface area contributed by atoms with Crippen LogP contribution in [0.15, 0.2) is 8.95 Å². The molecule has 0 aromatic heterocycles. The smallest absolute Gasteiger partial charge is 0.340 e. The van der Waals surface area contributed by atoms with Gasteiger partial charge in [-0.15, -0.1) is 0 Å². The average molecular weight is 632 g/mol. The van der Waals surface area contributed by atoms with Gasteiger partial charge in [0, 0.05) is 11.1 Å². The number of hydrogen-bond acceptors (Lipinski definition) is 10. The molecule has 0 fully saturated rings. The fourth-order valence-corrected chi connectivity index (χ4v) is 5.23. The van der Waals surface area contributed by atoms with Crippen LogP contribution in [0.3, 0.4) is 0 Å². The molecule has 2 aliphatic rings. The Morgan fingerprint density at radius 3 is 1.31 bits per heavy atom. The summed E-state index contributed by atoms with van der Waals surface area (Å²) < 4.78 is 45.7. The molecule has 0 atom stereocenters. The zero-order valence-electron chi connectivity index (χ0n) is 20.4. The lowest BCUT2D eigenvalue weighted by atomic mass is 9.91. The van der Waals surface area contributed by atoms with Crippen LogP contribution in [-0.2, 0) is 9.47 Å². The molecule has 2 aromatic carbocycles.